The molecular weight excluding hydrogens is 561 g/mol. The molecule has 5 rings (SSSR count). The van der Waals surface area contributed by atoms with Crippen LogP contribution < -0.4 is 21.4 Å². The molecule has 41 heavy (non-hydrogen) atoms. The molecule has 4 N–H and O–H groups in total. The number of anilines is 1. The van der Waals surface area contributed by atoms with Crippen molar-refractivity contribution in [2.45, 2.75) is 32.0 Å². The van der Waals surface area contributed by atoms with Crippen molar-refractivity contribution in [2.24, 2.45) is 0 Å². The topological polar surface area (TPSA) is 138 Å². The van der Waals surface area contributed by atoms with E-state index in [9.17, 15) is 32.7 Å². The average molecular weight is 587 g/mol. The Morgan fingerprint density at radius 2 is 2.05 bits per heavy atom. The molecule has 1 aliphatic heterocycles. The number of nitrogens with zero attached hydrogens (tertiary/aromatic N) is 3. The van der Waals surface area contributed by atoms with Crippen LogP contribution in [0, 0.1) is 0 Å². The lowest BCUT2D eigenvalue weighted by molar-refractivity contribution is -0.140. The number of benzene rings is 1. The van der Waals surface area contributed by atoms with E-state index >= 15 is 0 Å². The SMILES string of the molecule is CCNC(=O)Nc1cc(-c2nc(C(F)(F)F)cs2)c(-c2ccc3c(c2)c(=O)c(C(=O)O)cn3[C@H]2CCCNC2)cn1. The van der Waals surface area contributed by atoms with E-state index in [0.29, 0.717) is 29.7 Å². The van der Waals surface area contributed by atoms with Crippen molar-refractivity contribution >= 4 is 40.1 Å². The number of piperidine rings is 1. The monoisotopic (exact) mass is 586 g/mol. The molecule has 1 aliphatic rings. The van der Waals surface area contributed by atoms with Gasteiger partial charge in [-0.25, -0.2) is 19.6 Å². The molecular formula is C27H25F3N6O4S. The third-order valence-electron chi connectivity index (χ3n) is 6.75. The molecule has 214 valence electrons. The molecule has 0 unspecified atom stereocenters. The van der Waals surface area contributed by atoms with Crippen LogP contribution in [-0.4, -0.2) is 51.3 Å². The van der Waals surface area contributed by atoms with Crippen molar-refractivity contribution in [1.29, 1.82) is 0 Å². The molecule has 0 saturated carbocycles. The highest BCUT2D eigenvalue weighted by Gasteiger charge is 2.34. The first-order valence-corrected chi connectivity index (χ1v) is 13.7. The van der Waals surface area contributed by atoms with Gasteiger partial charge < -0.3 is 20.3 Å². The zero-order valence-electron chi connectivity index (χ0n) is 21.7. The molecule has 1 aromatic carbocycles. The Morgan fingerprint density at radius 1 is 1.24 bits per heavy atom. The van der Waals surface area contributed by atoms with E-state index in [4.69, 9.17) is 0 Å². The van der Waals surface area contributed by atoms with Gasteiger partial charge in [0.1, 0.15) is 16.4 Å². The highest BCUT2D eigenvalue weighted by molar-refractivity contribution is 7.13. The van der Waals surface area contributed by atoms with Crippen molar-refractivity contribution in [3.63, 3.8) is 0 Å². The number of hydrogen-bond donors (Lipinski definition) is 4. The summed E-state index contributed by atoms with van der Waals surface area (Å²) in [7, 11) is 0. The number of carboxylic acid groups (broad SMARTS) is 1. The normalized spacial score (nSPS) is 15.6. The summed E-state index contributed by atoms with van der Waals surface area (Å²) in [5, 5.41) is 19.2. The van der Waals surface area contributed by atoms with Crippen molar-refractivity contribution in [3.8, 4) is 21.7 Å². The zero-order chi connectivity index (χ0) is 29.3. The number of fused-ring (bicyclic) bond motifs is 1. The van der Waals surface area contributed by atoms with Gasteiger partial charge in [-0.1, -0.05) is 6.07 Å². The predicted octanol–water partition coefficient (Wildman–Crippen LogP) is 4.97. The summed E-state index contributed by atoms with van der Waals surface area (Å²) >= 11 is 0.773. The maximum atomic E-state index is 13.4. The van der Waals surface area contributed by atoms with Gasteiger partial charge in [0.15, 0.2) is 5.69 Å². The van der Waals surface area contributed by atoms with E-state index in [1.165, 1.54) is 24.5 Å². The highest BCUT2D eigenvalue weighted by atomic mass is 32.1. The molecule has 0 radical (unpaired) electrons. The minimum atomic E-state index is -4.65. The second-order valence-electron chi connectivity index (χ2n) is 9.45. The van der Waals surface area contributed by atoms with Crippen LogP contribution in [0.1, 0.15) is 41.9 Å². The minimum Gasteiger partial charge on any atom is -0.477 e. The molecule has 0 spiro atoms. The largest absolute Gasteiger partial charge is 0.477 e. The third-order valence-corrected chi connectivity index (χ3v) is 7.62. The molecule has 14 heteroatoms. The minimum absolute atomic E-state index is 0.0266. The highest BCUT2D eigenvalue weighted by Crippen LogP contribution is 2.39. The van der Waals surface area contributed by atoms with Crippen LogP contribution in [0.3, 0.4) is 0 Å². The Kier molecular flexibility index (Phi) is 7.78. The van der Waals surface area contributed by atoms with Crippen LogP contribution in [0.2, 0.25) is 0 Å². The van der Waals surface area contributed by atoms with Crippen LogP contribution in [0.5, 0.6) is 0 Å². The summed E-state index contributed by atoms with van der Waals surface area (Å²) in [5.74, 6) is -1.27. The lowest BCUT2D eigenvalue weighted by atomic mass is 9.98. The molecule has 10 nitrogen and oxygen atoms in total. The number of halogens is 3. The number of carbonyl (C=O) groups is 2. The molecule has 1 atom stereocenters. The number of pyridine rings is 2. The maximum absolute atomic E-state index is 13.4. The molecule has 4 aromatic rings. The number of rotatable bonds is 6. The first-order valence-electron chi connectivity index (χ1n) is 12.8. The number of aromatic nitrogens is 3. The van der Waals surface area contributed by atoms with Gasteiger partial charge in [-0.3, -0.25) is 10.1 Å². The van der Waals surface area contributed by atoms with Gasteiger partial charge in [0.2, 0.25) is 5.43 Å². The summed E-state index contributed by atoms with van der Waals surface area (Å²) in [4.78, 5) is 45.4. The second kappa shape index (κ2) is 11.3. The summed E-state index contributed by atoms with van der Waals surface area (Å²) in [6.07, 6.45) is -0.228. The van der Waals surface area contributed by atoms with Gasteiger partial charge in [-0.05, 0) is 50.1 Å². The van der Waals surface area contributed by atoms with Gasteiger partial charge in [-0.2, -0.15) is 13.2 Å². The van der Waals surface area contributed by atoms with Crippen molar-refractivity contribution in [3.05, 3.63) is 63.5 Å². The van der Waals surface area contributed by atoms with Crippen molar-refractivity contribution in [2.75, 3.05) is 25.0 Å². The number of nitrogens with one attached hydrogen (secondary N) is 3. The number of thiazole rings is 1. The number of carboxylic acids is 1. The second-order valence-corrected chi connectivity index (χ2v) is 10.3. The van der Waals surface area contributed by atoms with E-state index < -0.39 is 29.3 Å². The van der Waals surface area contributed by atoms with E-state index in [1.807, 2.05) is 0 Å². The van der Waals surface area contributed by atoms with Gasteiger partial charge in [0.25, 0.3) is 0 Å². The smallest absolute Gasteiger partial charge is 0.434 e. The lowest BCUT2D eigenvalue weighted by Gasteiger charge is -2.27. The molecule has 0 bridgehead atoms. The Hall–Kier alpha value is -4.30. The molecule has 3 aromatic heterocycles. The van der Waals surface area contributed by atoms with Crippen LogP contribution >= 0.6 is 11.3 Å². The van der Waals surface area contributed by atoms with Gasteiger partial charge in [0.05, 0.1) is 5.52 Å². The number of aromatic carboxylic acids is 1. The molecule has 4 heterocycles. The zero-order valence-corrected chi connectivity index (χ0v) is 22.5. The maximum Gasteiger partial charge on any atom is 0.434 e. The fourth-order valence-corrected chi connectivity index (χ4v) is 5.68. The Balaban J connectivity index is 1.68. The van der Waals surface area contributed by atoms with Crippen LogP contribution in [0.25, 0.3) is 32.6 Å². The van der Waals surface area contributed by atoms with Crippen LogP contribution in [-0.2, 0) is 6.18 Å². The standard InChI is InChI=1S/C27H25F3N6O4S/c1-2-32-26(40)35-22-9-16(24-34-21(13-41-24)27(28,29)30)18(11-33-22)14-5-6-20-17(8-14)23(37)19(25(38)39)12-36(20)15-4-3-7-31-10-15/h5-6,8-9,11-13,15,31H,2-4,7,10H2,1H3,(H,38,39)(H2,32,33,35,40)/t15-/m0/s1. The molecule has 1 saturated heterocycles. The van der Waals surface area contributed by atoms with Crippen LogP contribution in [0.4, 0.5) is 23.8 Å². The predicted molar refractivity (Wildman–Crippen MR) is 148 cm³/mol. The van der Waals surface area contributed by atoms with Crippen LogP contribution in [0.15, 0.2) is 46.8 Å². The lowest BCUT2D eigenvalue weighted by Crippen LogP contribution is -2.33. The van der Waals surface area contributed by atoms with Crippen molar-refractivity contribution in [1.82, 2.24) is 25.2 Å². The summed E-state index contributed by atoms with van der Waals surface area (Å²) in [6, 6.07) is 5.71. The summed E-state index contributed by atoms with van der Waals surface area (Å²) in [6.45, 7) is 3.53. The number of carbonyl (C=O) groups excluding carboxylic acids is 1. The quantitative estimate of drug-likeness (QED) is 0.250. The fourth-order valence-electron chi connectivity index (χ4n) is 4.83. The molecule has 2 amide bonds. The first-order chi connectivity index (χ1) is 19.6. The van der Waals surface area contributed by atoms with Gasteiger partial charge in [0, 0.05) is 53.4 Å². The Labute approximate surface area is 235 Å². The Bertz CT molecular complexity index is 1690. The van der Waals surface area contributed by atoms with Crippen molar-refractivity contribution < 1.29 is 27.9 Å². The number of hydrogen-bond acceptors (Lipinski definition) is 7. The summed E-state index contributed by atoms with van der Waals surface area (Å²) in [5.41, 5.74) is -0.564. The first kappa shape index (κ1) is 28.2. The van der Waals surface area contributed by atoms with E-state index in [-0.39, 0.29) is 33.4 Å². The molecule has 1 fully saturated rings. The molecule has 0 aliphatic carbocycles. The Morgan fingerprint density at radius 3 is 2.71 bits per heavy atom. The fraction of sp³-hybridized carbons (Fsp3) is 0.296. The number of urea groups is 1. The van der Waals surface area contributed by atoms with Gasteiger partial charge in [-0.15, -0.1) is 11.3 Å². The van der Waals surface area contributed by atoms with Gasteiger partial charge >= 0.3 is 18.2 Å². The van der Waals surface area contributed by atoms with E-state index in [2.05, 4.69) is 25.9 Å². The van der Waals surface area contributed by atoms with E-state index in [0.717, 1.165) is 36.1 Å². The number of amides is 2. The number of alkyl halides is 3. The summed E-state index contributed by atoms with van der Waals surface area (Å²) < 4.78 is 41.9. The average Bonchev–Trinajstić information content (AvgIpc) is 3.45. The third kappa shape index (κ3) is 5.79. The van der Waals surface area contributed by atoms with E-state index in [1.54, 1.807) is 23.6 Å².